The van der Waals surface area contributed by atoms with Crippen LogP contribution < -0.4 is 15.5 Å². The Kier molecular flexibility index (Phi) is 6.68. The van der Waals surface area contributed by atoms with Gasteiger partial charge in [0.1, 0.15) is 0 Å². The minimum atomic E-state index is 0.490. The first-order chi connectivity index (χ1) is 12.3. The summed E-state index contributed by atoms with van der Waals surface area (Å²) in [6, 6.07) is 10.8. The van der Waals surface area contributed by atoms with E-state index in [0.717, 1.165) is 57.1 Å². The molecule has 0 bridgehead atoms. The molecular weight excluding hydrogens is 330 g/mol. The van der Waals surface area contributed by atoms with E-state index in [1.165, 1.54) is 5.00 Å². The van der Waals surface area contributed by atoms with Gasteiger partial charge in [0.15, 0.2) is 5.96 Å². The molecule has 2 N–H and O–H groups in total. The van der Waals surface area contributed by atoms with Crippen LogP contribution in [0.15, 0.2) is 46.9 Å². The van der Waals surface area contributed by atoms with Gasteiger partial charge in [0.25, 0.3) is 0 Å². The van der Waals surface area contributed by atoms with Gasteiger partial charge in [-0.2, -0.15) is 0 Å². The normalized spacial score (nSPS) is 16.0. The number of hydrogen-bond donors (Lipinski definition) is 2. The summed E-state index contributed by atoms with van der Waals surface area (Å²) in [5.41, 5.74) is 1.09. The summed E-state index contributed by atoms with van der Waals surface area (Å²) in [6.07, 6.45) is 4.99. The Morgan fingerprint density at radius 2 is 2.16 bits per heavy atom. The van der Waals surface area contributed by atoms with Crippen LogP contribution >= 0.6 is 11.3 Å². The zero-order chi connectivity index (χ0) is 17.3. The Bertz CT molecular complexity index is 633. The van der Waals surface area contributed by atoms with E-state index in [-0.39, 0.29) is 0 Å². The SMILES string of the molecule is CCNC(=NCCc1ccccn1)NC1CCN(c2cccs2)CC1. The third kappa shape index (κ3) is 5.46. The van der Waals surface area contributed by atoms with Crippen LogP contribution in [0.2, 0.25) is 0 Å². The third-order valence-corrected chi connectivity index (χ3v) is 5.29. The molecule has 2 aromatic heterocycles. The zero-order valence-corrected chi connectivity index (χ0v) is 15.6. The fourth-order valence-corrected chi connectivity index (χ4v) is 3.82. The highest BCUT2D eigenvalue weighted by Crippen LogP contribution is 2.24. The number of aromatic nitrogens is 1. The van der Waals surface area contributed by atoms with Gasteiger partial charge in [0.05, 0.1) is 5.00 Å². The van der Waals surface area contributed by atoms with Crippen molar-refractivity contribution in [1.29, 1.82) is 0 Å². The fraction of sp³-hybridized carbons (Fsp3) is 0.474. The Labute approximate surface area is 154 Å². The molecule has 6 heteroatoms. The van der Waals surface area contributed by atoms with Crippen molar-refractivity contribution in [3.8, 4) is 0 Å². The van der Waals surface area contributed by atoms with E-state index in [0.29, 0.717) is 6.04 Å². The molecule has 0 radical (unpaired) electrons. The highest BCUT2D eigenvalue weighted by atomic mass is 32.1. The van der Waals surface area contributed by atoms with Crippen molar-refractivity contribution in [3.05, 3.63) is 47.6 Å². The van der Waals surface area contributed by atoms with E-state index in [1.54, 1.807) is 0 Å². The molecule has 1 saturated heterocycles. The van der Waals surface area contributed by atoms with Gasteiger partial charge in [-0.1, -0.05) is 6.07 Å². The van der Waals surface area contributed by atoms with Crippen molar-refractivity contribution >= 4 is 22.3 Å². The number of piperidine rings is 1. The molecule has 2 aromatic rings. The second kappa shape index (κ2) is 9.42. The predicted octanol–water partition coefficient (Wildman–Crippen LogP) is 2.91. The van der Waals surface area contributed by atoms with Gasteiger partial charge in [0, 0.05) is 50.5 Å². The third-order valence-electron chi connectivity index (χ3n) is 4.36. The summed E-state index contributed by atoms with van der Waals surface area (Å²) in [6.45, 7) is 5.94. The number of pyridine rings is 1. The fourth-order valence-electron chi connectivity index (χ4n) is 3.04. The highest BCUT2D eigenvalue weighted by molar-refractivity contribution is 7.14. The molecule has 0 saturated carbocycles. The molecule has 3 rings (SSSR count). The Hall–Kier alpha value is -2.08. The van der Waals surface area contributed by atoms with Gasteiger partial charge in [-0.25, -0.2) is 0 Å². The first-order valence-corrected chi connectivity index (χ1v) is 9.96. The maximum atomic E-state index is 4.71. The lowest BCUT2D eigenvalue weighted by molar-refractivity contribution is 0.463. The smallest absolute Gasteiger partial charge is 0.191 e. The molecular formula is C19H27N5S. The molecule has 5 nitrogen and oxygen atoms in total. The van der Waals surface area contributed by atoms with Gasteiger partial charge in [-0.15, -0.1) is 11.3 Å². The second-order valence-electron chi connectivity index (χ2n) is 6.19. The van der Waals surface area contributed by atoms with Gasteiger partial charge in [0.2, 0.25) is 0 Å². The molecule has 25 heavy (non-hydrogen) atoms. The Balaban J connectivity index is 1.47. The van der Waals surface area contributed by atoms with Crippen LogP contribution in [-0.4, -0.2) is 43.2 Å². The van der Waals surface area contributed by atoms with Crippen LogP contribution in [-0.2, 0) is 6.42 Å². The van der Waals surface area contributed by atoms with Crippen LogP contribution in [0.5, 0.6) is 0 Å². The zero-order valence-electron chi connectivity index (χ0n) is 14.8. The summed E-state index contributed by atoms with van der Waals surface area (Å²) in [5.74, 6) is 0.924. The predicted molar refractivity (Wildman–Crippen MR) is 107 cm³/mol. The molecule has 0 aromatic carbocycles. The molecule has 1 fully saturated rings. The molecule has 1 aliphatic heterocycles. The maximum Gasteiger partial charge on any atom is 0.191 e. The molecule has 0 unspecified atom stereocenters. The van der Waals surface area contributed by atoms with E-state index >= 15 is 0 Å². The average molecular weight is 358 g/mol. The van der Waals surface area contributed by atoms with E-state index < -0.39 is 0 Å². The minimum absolute atomic E-state index is 0.490. The van der Waals surface area contributed by atoms with E-state index in [9.17, 15) is 0 Å². The van der Waals surface area contributed by atoms with E-state index in [2.05, 4.69) is 51.0 Å². The van der Waals surface area contributed by atoms with Crippen molar-refractivity contribution in [2.45, 2.75) is 32.2 Å². The van der Waals surface area contributed by atoms with Crippen molar-refractivity contribution < 1.29 is 0 Å². The number of aliphatic imine (C=N–C) groups is 1. The number of anilines is 1. The number of rotatable bonds is 6. The first-order valence-electron chi connectivity index (χ1n) is 9.08. The molecule has 0 atom stereocenters. The molecule has 0 amide bonds. The van der Waals surface area contributed by atoms with Gasteiger partial charge in [-0.05, 0) is 49.4 Å². The summed E-state index contributed by atoms with van der Waals surface area (Å²) in [5, 5.41) is 10.5. The van der Waals surface area contributed by atoms with Gasteiger partial charge < -0.3 is 15.5 Å². The second-order valence-corrected chi connectivity index (χ2v) is 7.11. The molecule has 0 spiro atoms. The average Bonchev–Trinajstić information content (AvgIpc) is 3.18. The maximum absolute atomic E-state index is 4.71. The van der Waals surface area contributed by atoms with E-state index in [4.69, 9.17) is 4.99 Å². The molecule has 1 aliphatic rings. The number of nitrogens with one attached hydrogen (secondary N) is 2. The van der Waals surface area contributed by atoms with Crippen LogP contribution in [0.25, 0.3) is 0 Å². The lowest BCUT2D eigenvalue weighted by Crippen LogP contribution is -2.48. The van der Waals surface area contributed by atoms with Crippen molar-refractivity contribution in [2.75, 3.05) is 31.1 Å². The van der Waals surface area contributed by atoms with Crippen LogP contribution in [0.4, 0.5) is 5.00 Å². The molecule has 3 heterocycles. The van der Waals surface area contributed by atoms with Crippen molar-refractivity contribution in [1.82, 2.24) is 15.6 Å². The number of guanidine groups is 1. The topological polar surface area (TPSA) is 52.6 Å². The Morgan fingerprint density at radius 3 is 2.84 bits per heavy atom. The largest absolute Gasteiger partial charge is 0.363 e. The lowest BCUT2D eigenvalue weighted by Gasteiger charge is -2.33. The molecule has 0 aliphatic carbocycles. The first kappa shape index (κ1) is 17.7. The van der Waals surface area contributed by atoms with E-state index in [1.807, 2.05) is 29.7 Å². The summed E-state index contributed by atoms with van der Waals surface area (Å²) < 4.78 is 0. The summed E-state index contributed by atoms with van der Waals surface area (Å²) >= 11 is 1.83. The minimum Gasteiger partial charge on any atom is -0.363 e. The number of thiophene rings is 1. The van der Waals surface area contributed by atoms with Gasteiger partial charge >= 0.3 is 0 Å². The van der Waals surface area contributed by atoms with Gasteiger partial charge in [-0.3, -0.25) is 9.98 Å². The van der Waals surface area contributed by atoms with Crippen molar-refractivity contribution in [2.24, 2.45) is 4.99 Å². The quantitative estimate of drug-likeness (QED) is 0.617. The molecule has 134 valence electrons. The standard InChI is InChI=1S/C19H27N5S/c1-2-20-19(22-12-8-16-6-3-4-11-21-16)23-17-9-13-24(14-10-17)18-7-5-15-25-18/h3-7,11,15,17H,2,8-10,12-14H2,1H3,(H2,20,22,23). The highest BCUT2D eigenvalue weighted by Gasteiger charge is 2.20. The van der Waals surface area contributed by atoms with Crippen LogP contribution in [0, 0.1) is 0 Å². The number of nitrogens with zero attached hydrogens (tertiary/aromatic N) is 3. The summed E-state index contributed by atoms with van der Waals surface area (Å²) in [7, 11) is 0. The van der Waals surface area contributed by atoms with Crippen molar-refractivity contribution in [3.63, 3.8) is 0 Å². The Morgan fingerprint density at radius 1 is 1.28 bits per heavy atom. The van der Waals surface area contributed by atoms with Crippen LogP contribution in [0.3, 0.4) is 0 Å². The lowest BCUT2D eigenvalue weighted by atomic mass is 10.1. The summed E-state index contributed by atoms with van der Waals surface area (Å²) in [4.78, 5) is 11.6. The van der Waals surface area contributed by atoms with Crippen LogP contribution in [0.1, 0.15) is 25.5 Å². The monoisotopic (exact) mass is 357 g/mol. The number of hydrogen-bond acceptors (Lipinski definition) is 4.